The van der Waals surface area contributed by atoms with Crippen LogP contribution in [-0.2, 0) is 6.54 Å². The fourth-order valence-electron chi connectivity index (χ4n) is 1.84. The van der Waals surface area contributed by atoms with Crippen molar-refractivity contribution in [2.45, 2.75) is 59.5 Å². The quantitative estimate of drug-likeness (QED) is 0.822. The Kier molecular flexibility index (Phi) is 6.22. The van der Waals surface area contributed by atoms with Crippen LogP contribution in [0.1, 0.15) is 53.2 Å². The summed E-state index contributed by atoms with van der Waals surface area (Å²) in [7, 11) is 0. The van der Waals surface area contributed by atoms with Crippen molar-refractivity contribution in [1.82, 2.24) is 15.3 Å². The first-order valence-electron chi connectivity index (χ1n) is 7.27. The van der Waals surface area contributed by atoms with Gasteiger partial charge in [0.05, 0.1) is 18.1 Å². The van der Waals surface area contributed by atoms with E-state index in [0.29, 0.717) is 0 Å². The summed E-state index contributed by atoms with van der Waals surface area (Å²) in [5.74, 6) is 0.989. The second-order valence-corrected chi connectivity index (χ2v) is 5.96. The maximum atomic E-state index is 4.54. The van der Waals surface area contributed by atoms with Gasteiger partial charge in [-0.1, -0.05) is 13.8 Å². The van der Waals surface area contributed by atoms with Gasteiger partial charge in [-0.05, 0) is 33.6 Å². The predicted molar refractivity (Wildman–Crippen MR) is 81.4 cm³/mol. The molecular weight excluding hydrogens is 236 g/mol. The zero-order valence-electron chi connectivity index (χ0n) is 13.0. The van der Waals surface area contributed by atoms with Gasteiger partial charge in [0.2, 0.25) is 0 Å². The van der Waals surface area contributed by atoms with Gasteiger partial charge in [-0.15, -0.1) is 0 Å². The lowest BCUT2D eigenvalue weighted by atomic mass is 10.1. The van der Waals surface area contributed by atoms with Crippen LogP contribution in [0.5, 0.6) is 0 Å². The molecule has 0 bridgehead atoms. The van der Waals surface area contributed by atoms with Gasteiger partial charge in [0, 0.05) is 25.2 Å². The molecule has 0 fully saturated rings. The van der Waals surface area contributed by atoms with Gasteiger partial charge in [-0.2, -0.15) is 0 Å². The lowest BCUT2D eigenvalue weighted by molar-refractivity contribution is 0.421. The summed E-state index contributed by atoms with van der Waals surface area (Å²) in [5, 5.41) is 3.42. The molecule has 1 aromatic rings. The molecule has 1 aromatic heterocycles. The molecule has 0 aromatic carbocycles. The number of aromatic nitrogens is 2. The highest BCUT2D eigenvalue weighted by molar-refractivity contribution is 5.35. The number of rotatable bonds is 7. The van der Waals surface area contributed by atoms with E-state index in [2.05, 4.69) is 54.8 Å². The monoisotopic (exact) mass is 264 g/mol. The van der Waals surface area contributed by atoms with Crippen molar-refractivity contribution in [3.63, 3.8) is 0 Å². The largest absolute Gasteiger partial charge is 0.355 e. The molecule has 0 aliphatic carbocycles. The van der Waals surface area contributed by atoms with E-state index in [9.17, 15) is 0 Å². The zero-order chi connectivity index (χ0) is 14.3. The minimum absolute atomic E-state index is 0.108. The molecule has 19 heavy (non-hydrogen) atoms. The normalized spacial score (nSPS) is 11.6. The highest BCUT2D eigenvalue weighted by atomic mass is 15.2. The summed E-state index contributed by atoms with van der Waals surface area (Å²) < 4.78 is 0. The lowest BCUT2D eigenvalue weighted by Crippen LogP contribution is -2.35. The van der Waals surface area contributed by atoms with Crippen molar-refractivity contribution in [2.24, 2.45) is 0 Å². The summed E-state index contributed by atoms with van der Waals surface area (Å²) in [4.78, 5) is 11.3. The molecule has 0 unspecified atom stereocenters. The molecule has 0 saturated carbocycles. The summed E-state index contributed by atoms with van der Waals surface area (Å²) >= 11 is 0. The van der Waals surface area contributed by atoms with E-state index in [-0.39, 0.29) is 5.54 Å². The van der Waals surface area contributed by atoms with E-state index in [0.717, 1.165) is 44.0 Å². The second-order valence-electron chi connectivity index (χ2n) is 5.96. The minimum Gasteiger partial charge on any atom is -0.355 e. The summed E-state index contributed by atoms with van der Waals surface area (Å²) in [5.41, 5.74) is 1.10. The van der Waals surface area contributed by atoms with Gasteiger partial charge >= 0.3 is 0 Å². The molecule has 4 nitrogen and oxygen atoms in total. The molecule has 0 atom stereocenters. The van der Waals surface area contributed by atoms with Crippen molar-refractivity contribution >= 4 is 5.82 Å². The molecule has 0 spiro atoms. The van der Waals surface area contributed by atoms with Crippen LogP contribution in [0, 0.1) is 0 Å². The van der Waals surface area contributed by atoms with Crippen LogP contribution in [0.25, 0.3) is 0 Å². The second kappa shape index (κ2) is 7.43. The maximum Gasteiger partial charge on any atom is 0.147 e. The molecule has 1 rings (SSSR count). The zero-order valence-corrected chi connectivity index (χ0v) is 13.0. The predicted octanol–water partition coefficient (Wildman–Crippen LogP) is 2.99. The van der Waals surface area contributed by atoms with Crippen LogP contribution in [0.2, 0.25) is 0 Å². The Labute approximate surface area is 117 Å². The van der Waals surface area contributed by atoms with Crippen LogP contribution in [-0.4, -0.2) is 28.6 Å². The van der Waals surface area contributed by atoms with Crippen molar-refractivity contribution in [3.8, 4) is 0 Å². The maximum absolute atomic E-state index is 4.54. The van der Waals surface area contributed by atoms with E-state index >= 15 is 0 Å². The first-order valence-corrected chi connectivity index (χ1v) is 7.27. The third kappa shape index (κ3) is 6.01. The van der Waals surface area contributed by atoms with E-state index in [1.807, 2.05) is 12.4 Å². The first kappa shape index (κ1) is 15.9. The Morgan fingerprint density at radius 3 is 2.11 bits per heavy atom. The lowest BCUT2D eigenvalue weighted by Gasteiger charge is -2.23. The van der Waals surface area contributed by atoms with E-state index in [1.54, 1.807) is 0 Å². The van der Waals surface area contributed by atoms with Gasteiger partial charge in [-0.3, -0.25) is 4.98 Å². The molecule has 0 aliphatic rings. The van der Waals surface area contributed by atoms with Crippen LogP contribution in [0.3, 0.4) is 0 Å². The van der Waals surface area contributed by atoms with Gasteiger partial charge in [0.15, 0.2) is 0 Å². The number of anilines is 1. The third-order valence-electron chi connectivity index (χ3n) is 2.80. The SMILES string of the molecule is CCCN(CCC)c1cnc(CNC(C)(C)C)cn1. The molecule has 0 saturated heterocycles. The molecule has 0 amide bonds. The number of hydrogen-bond donors (Lipinski definition) is 1. The average molecular weight is 264 g/mol. The van der Waals surface area contributed by atoms with Gasteiger partial charge < -0.3 is 10.2 Å². The minimum atomic E-state index is 0.108. The highest BCUT2D eigenvalue weighted by Gasteiger charge is 2.10. The summed E-state index contributed by atoms with van der Waals surface area (Å²) in [6.45, 7) is 13.7. The number of hydrogen-bond acceptors (Lipinski definition) is 4. The highest BCUT2D eigenvalue weighted by Crippen LogP contribution is 2.10. The Balaban J connectivity index is 2.63. The number of nitrogens with one attached hydrogen (secondary N) is 1. The van der Waals surface area contributed by atoms with E-state index < -0.39 is 0 Å². The Morgan fingerprint density at radius 2 is 1.68 bits per heavy atom. The Morgan fingerprint density at radius 1 is 1.05 bits per heavy atom. The standard InChI is InChI=1S/C15H28N4/c1-6-8-19(9-7-2)14-12-16-13(10-17-14)11-18-15(3,4)5/h10,12,18H,6-9,11H2,1-5H3. The van der Waals surface area contributed by atoms with Crippen LogP contribution < -0.4 is 10.2 Å². The van der Waals surface area contributed by atoms with Crippen molar-refractivity contribution in [2.75, 3.05) is 18.0 Å². The van der Waals surface area contributed by atoms with Crippen LogP contribution >= 0.6 is 0 Å². The fraction of sp³-hybridized carbons (Fsp3) is 0.733. The average Bonchev–Trinajstić information content (AvgIpc) is 2.36. The Bertz CT molecular complexity index is 347. The first-order chi connectivity index (χ1) is 8.96. The van der Waals surface area contributed by atoms with E-state index in [1.165, 1.54) is 0 Å². The number of nitrogens with zero attached hydrogens (tertiary/aromatic N) is 3. The van der Waals surface area contributed by atoms with Gasteiger partial charge in [0.1, 0.15) is 5.82 Å². The summed E-state index contributed by atoms with van der Waals surface area (Å²) in [6, 6.07) is 0. The molecule has 0 radical (unpaired) electrons. The fourth-order valence-corrected chi connectivity index (χ4v) is 1.84. The van der Waals surface area contributed by atoms with Crippen LogP contribution in [0.15, 0.2) is 12.4 Å². The van der Waals surface area contributed by atoms with Crippen LogP contribution in [0.4, 0.5) is 5.82 Å². The van der Waals surface area contributed by atoms with Crippen molar-refractivity contribution in [1.29, 1.82) is 0 Å². The smallest absolute Gasteiger partial charge is 0.147 e. The van der Waals surface area contributed by atoms with E-state index in [4.69, 9.17) is 0 Å². The molecule has 0 aliphatic heterocycles. The van der Waals surface area contributed by atoms with Gasteiger partial charge in [0.25, 0.3) is 0 Å². The Hall–Kier alpha value is -1.16. The van der Waals surface area contributed by atoms with Gasteiger partial charge in [-0.25, -0.2) is 4.98 Å². The molecular formula is C15H28N4. The molecule has 4 heteroatoms. The molecule has 1 N–H and O–H groups in total. The topological polar surface area (TPSA) is 41.1 Å². The van der Waals surface area contributed by atoms with Crippen molar-refractivity contribution in [3.05, 3.63) is 18.1 Å². The van der Waals surface area contributed by atoms with Crippen molar-refractivity contribution < 1.29 is 0 Å². The third-order valence-corrected chi connectivity index (χ3v) is 2.80. The molecule has 108 valence electrons. The summed E-state index contributed by atoms with van der Waals surface area (Å²) in [6.07, 6.45) is 6.04. The molecule has 1 heterocycles.